The van der Waals surface area contributed by atoms with Gasteiger partial charge in [0.05, 0.1) is 5.69 Å². The number of aryl methyl sites for hydroxylation is 1. The molecule has 0 amide bonds. The first kappa shape index (κ1) is 26.4. The molecule has 30 heavy (non-hydrogen) atoms. The van der Waals surface area contributed by atoms with Gasteiger partial charge in [0.25, 0.3) is 0 Å². The van der Waals surface area contributed by atoms with E-state index in [1.165, 1.54) is 16.7 Å². The average Bonchev–Trinajstić information content (AvgIpc) is 3.07. The van der Waals surface area contributed by atoms with Gasteiger partial charge in [0.15, 0.2) is 5.96 Å². The maximum atomic E-state index is 4.62. The summed E-state index contributed by atoms with van der Waals surface area (Å²) >= 11 is 0. The molecule has 0 unspecified atom stereocenters. The smallest absolute Gasteiger partial charge is 0.193 e. The van der Waals surface area contributed by atoms with Gasteiger partial charge < -0.3 is 10.2 Å². The first-order chi connectivity index (χ1) is 13.9. The highest BCUT2D eigenvalue weighted by Crippen LogP contribution is 2.18. The van der Waals surface area contributed by atoms with Gasteiger partial charge in [-0.05, 0) is 30.1 Å². The highest BCUT2D eigenvalue weighted by Gasteiger charge is 2.15. The molecule has 0 aliphatic heterocycles. The third-order valence-electron chi connectivity index (χ3n) is 5.31. The number of hydrogen-bond acceptors (Lipinski definition) is 3. The fourth-order valence-corrected chi connectivity index (χ4v) is 3.62. The van der Waals surface area contributed by atoms with Gasteiger partial charge in [-0.25, -0.2) is 0 Å². The summed E-state index contributed by atoms with van der Waals surface area (Å²) in [6.07, 6.45) is 2.11. The Bertz CT molecular complexity index is 795. The summed E-state index contributed by atoms with van der Waals surface area (Å²) in [5, 5.41) is 8.16. The number of halogens is 1. The minimum atomic E-state index is 0. The van der Waals surface area contributed by atoms with Crippen molar-refractivity contribution in [2.45, 2.75) is 53.2 Å². The number of rotatable bonds is 9. The highest BCUT2D eigenvalue weighted by atomic mass is 127. The molecule has 6 nitrogen and oxygen atoms in total. The number of nitrogens with zero attached hydrogens (tertiary/aromatic N) is 5. The first-order valence-electron chi connectivity index (χ1n) is 10.6. The summed E-state index contributed by atoms with van der Waals surface area (Å²) in [7, 11) is 5.90. The Labute approximate surface area is 199 Å². The lowest BCUT2D eigenvalue weighted by Gasteiger charge is -2.24. The molecule has 1 N–H and O–H groups in total. The topological polar surface area (TPSA) is 48.7 Å². The second kappa shape index (κ2) is 12.9. The summed E-state index contributed by atoms with van der Waals surface area (Å²) < 4.78 is 1.90. The normalized spacial score (nSPS) is 11.7. The van der Waals surface area contributed by atoms with E-state index in [1.54, 1.807) is 0 Å². The number of benzene rings is 1. The van der Waals surface area contributed by atoms with Crippen LogP contribution in [0.3, 0.4) is 0 Å². The predicted octanol–water partition coefficient (Wildman–Crippen LogP) is 4.21. The summed E-state index contributed by atoms with van der Waals surface area (Å²) in [5.41, 5.74) is 5.09. The van der Waals surface area contributed by atoms with Crippen LogP contribution in [0.1, 0.15) is 56.0 Å². The molecule has 1 aromatic carbocycles. The minimum Gasteiger partial charge on any atom is -0.352 e. The van der Waals surface area contributed by atoms with Crippen molar-refractivity contribution in [2.75, 3.05) is 27.2 Å². The summed E-state index contributed by atoms with van der Waals surface area (Å²) in [6.45, 7) is 13.4. The maximum Gasteiger partial charge on any atom is 0.193 e. The van der Waals surface area contributed by atoms with Crippen LogP contribution in [0.5, 0.6) is 0 Å². The Balaban J connectivity index is 0.00000450. The molecule has 0 aliphatic carbocycles. The van der Waals surface area contributed by atoms with Crippen LogP contribution in [0.15, 0.2) is 35.5 Å². The Kier molecular flexibility index (Phi) is 11.4. The molecule has 0 radical (unpaired) electrons. The summed E-state index contributed by atoms with van der Waals surface area (Å²) in [5.74, 6) is 1.29. The van der Waals surface area contributed by atoms with Crippen molar-refractivity contribution < 1.29 is 0 Å². The van der Waals surface area contributed by atoms with Gasteiger partial charge in [-0.15, -0.1) is 24.0 Å². The molecular weight excluding hydrogens is 487 g/mol. The van der Waals surface area contributed by atoms with Gasteiger partial charge in [0.2, 0.25) is 0 Å². The number of aromatic nitrogens is 2. The number of aliphatic imine (C=N–C) groups is 1. The zero-order chi connectivity index (χ0) is 21.4. The third kappa shape index (κ3) is 7.27. The van der Waals surface area contributed by atoms with E-state index in [-0.39, 0.29) is 24.0 Å². The highest BCUT2D eigenvalue weighted by molar-refractivity contribution is 14.0. The third-order valence-corrected chi connectivity index (χ3v) is 5.31. The van der Waals surface area contributed by atoms with Crippen LogP contribution in [0.2, 0.25) is 0 Å². The molecule has 0 spiro atoms. The summed E-state index contributed by atoms with van der Waals surface area (Å²) in [6, 6.07) is 8.67. The van der Waals surface area contributed by atoms with Crippen molar-refractivity contribution in [2.24, 2.45) is 12.0 Å². The molecular formula is C23H39IN6. The molecule has 0 saturated heterocycles. The monoisotopic (exact) mass is 526 g/mol. The van der Waals surface area contributed by atoms with Crippen LogP contribution in [-0.2, 0) is 26.7 Å². The van der Waals surface area contributed by atoms with E-state index in [9.17, 15) is 0 Å². The lowest BCUT2D eigenvalue weighted by atomic mass is 10.1. The van der Waals surface area contributed by atoms with Crippen LogP contribution in [-0.4, -0.2) is 52.7 Å². The van der Waals surface area contributed by atoms with Gasteiger partial charge in [-0.2, -0.15) is 5.10 Å². The molecule has 0 aliphatic rings. The number of nitrogens with one attached hydrogen (secondary N) is 1. The first-order valence-corrected chi connectivity index (χ1v) is 10.6. The van der Waals surface area contributed by atoms with Crippen LogP contribution >= 0.6 is 24.0 Å². The zero-order valence-electron chi connectivity index (χ0n) is 19.6. The lowest BCUT2D eigenvalue weighted by molar-refractivity contribution is 0.295. The molecule has 168 valence electrons. The van der Waals surface area contributed by atoms with Crippen LogP contribution in [0.4, 0.5) is 0 Å². The molecule has 0 fully saturated rings. The van der Waals surface area contributed by atoms with E-state index in [0.717, 1.165) is 44.4 Å². The standard InChI is InChI=1S/C23H38N6.HI/c1-8-29(9-2)17-20-13-11-10-12-19(20)14-25-23(24-5)27(6)15-21-16-28(7)26-22(21)18(3)4;/h10-13,16,18H,8-9,14-15,17H2,1-7H3,(H,24,25);1H. The summed E-state index contributed by atoms with van der Waals surface area (Å²) in [4.78, 5) is 9.10. The molecule has 1 aromatic heterocycles. The quantitative estimate of drug-likeness (QED) is 0.302. The SMILES string of the molecule is CCN(CC)Cc1ccccc1CNC(=NC)N(C)Cc1cn(C)nc1C(C)C.I. The molecule has 2 aromatic rings. The van der Waals surface area contributed by atoms with E-state index < -0.39 is 0 Å². The Morgan fingerprint density at radius 2 is 1.73 bits per heavy atom. The molecule has 0 saturated carbocycles. The Morgan fingerprint density at radius 1 is 1.10 bits per heavy atom. The van der Waals surface area contributed by atoms with E-state index in [2.05, 4.69) is 90.4 Å². The van der Waals surface area contributed by atoms with Crippen molar-refractivity contribution in [1.82, 2.24) is 24.9 Å². The van der Waals surface area contributed by atoms with E-state index in [0.29, 0.717) is 5.92 Å². The zero-order valence-corrected chi connectivity index (χ0v) is 22.0. The Morgan fingerprint density at radius 3 is 2.30 bits per heavy atom. The van der Waals surface area contributed by atoms with E-state index in [1.807, 2.05) is 18.8 Å². The second-order valence-electron chi connectivity index (χ2n) is 7.85. The van der Waals surface area contributed by atoms with E-state index >= 15 is 0 Å². The number of hydrogen-bond donors (Lipinski definition) is 1. The van der Waals surface area contributed by atoms with Crippen molar-refractivity contribution in [3.05, 3.63) is 52.8 Å². The van der Waals surface area contributed by atoms with Gasteiger partial charge in [-0.3, -0.25) is 14.6 Å². The minimum absolute atomic E-state index is 0. The molecule has 0 bridgehead atoms. The molecule has 2 rings (SSSR count). The maximum absolute atomic E-state index is 4.62. The molecule has 1 heterocycles. The van der Waals surface area contributed by atoms with Crippen molar-refractivity contribution in [1.29, 1.82) is 0 Å². The van der Waals surface area contributed by atoms with Crippen molar-refractivity contribution in [3.63, 3.8) is 0 Å². The average molecular weight is 527 g/mol. The van der Waals surface area contributed by atoms with Gasteiger partial charge >= 0.3 is 0 Å². The fraction of sp³-hybridized carbons (Fsp3) is 0.565. The predicted molar refractivity (Wildman–Crippen MR) is 137 cm³/mol. The van der Waals surface area contributed by atoms with Crippen molar-refractivity contribution in [3.8, 4) is 0 Å². The van der Waals surface area contributed by atoms with Gasteiger partial charge in [0.1, 0.15) is 0 Å². The largest absolute Gasteiger partial charge is 0.352 e. The lowest BCUT2D eigenvalue weighted by Crippen LogP contribution is -2.38. The number of guanidine groups is 1. The van der Waals surface area contributed by atoms with Crippen LogP contribution in [0.25, 0.3) is 0 Å². The molecule has 0 atom stereocenters. The van der Waals surface area contributed by atoms with E-state index in [4.69, 9.17) is 0 Å². The van der Waals surface area contributed by atoms with Crippen LogP contribution in [0, 0.1) is 0 Å². The van der Waals surface area contributed by atoms with Crippen LogP contribution < -0.4 is 5.32 Å². The van der Waals surface area contributed by atoms with Gasteiger partial charge in [-0.1, -0.05) is 52.0 Å². The Hall–Kier alpha value is -1.61. The fourth-order valence-electron chi connectivity index (χ4n) is 3.62. The van der Waals surface area contributed by atoms with Crippen molar-refractivity contribution >= 4 is 29.9 Å². The second-order valence-corrected chi connectivity index (χ2v) is 7.85. The molecule has 7 heteroatoms. The van der Waals surface area contributed by atoms with Gasteiger partial charge in [0, 0.05) is 52.5 Å².